The molecule has 1 aliphatic heterocycles. The molecule has 1 fully saturated rings. The maximum absolute atomic E-state index is 13.1. The molecule has 1 saturated heterocycles. The van der Waals surface area contributed by atoms with Crippen LogP contribution in [0, 0.1) is 5.41 Å². The minimum atomic E-state index is -1.29. The molecule has 8 heteroatoms. The van der Waals surface area contributed by atoms with Gasteiger partial charge in [-0.15, -0.1) is 0 Å². The van der Waals surface area contributed by atoms with Crippen LogP contribution in [-0.2, 0) is 20.9 Å². The molecule has 2 amide bonds. The average molecular weight is 570 g/mol. The summed E-state index contributed by atoms with van der Waals surface area (Å²) < 4.78 is 5.63. The molecule has 0 saturated carbocycles. The van der Waals surface area contributed by atoms with Gasteiger partial charge in [-0.2, -0.15) is 0 Å². The Morgan fingerprint density at radius 1 is 0.905 bits per heavy atom. The van der Waals surface area contributed by atoms with Crippen molar-refractivity contribution in [1.29, 1.82) is 0 Å². The van der Waals surface area contributed by atoms with E-state index >= 15 is 0 Å². The number of rotatable bonds is 10. The van der Waals surface area contributed by atoms with Crippen molar-refractivity contribution in [2.45, 2.75) is 51.1 Å². The van der Waals surface area contributed by atoms with Gasteiger partial charge in [-0.25, -0.2) is 9.59 Å². The molecule has 1 heterocycles. The molecule has 5 rings (SSSR count). The number of nitrogens with zero attached hydrogens (tertiary/aromatic N) is 1. The van der Waals surface area contributed by atoms with Gasteiger partial charge in [0.1, 0.15) is 12.1 Å². The molecule has 0 aromatic heterocycles. The Morgan fingerprint density at radius 2 is 1.48 bits per heavy atom. The van der Waals surface area contributed by atoms with Crippen molar-refractivity contribution in [3.63, 3.8) is 0 Å². The van der Waals surface area contributed by atoms with Crippen molar-refractivity contribution in [1.82, 2.24) is 15.5 Å². The number of carboxylic acid groups (broad SMARTS) is 1. The number of amides is 2. The predicted molar refractivity (Wildman–Crippen MR) is 161 cm³/mol. The Hall–Kier alpha value is -4.17. The van der Waals surface area contributed by atoms with Crippen LogP contribution in [0.3, 0.4) is 0 Å². The van der Waals surface area contributed by atoms with Crippen molar-refractivity contribution in [2.75, 3.05) is 26.2 Å². The van der Waals surface area contributed by atoms with Gasteiger partial charge in [0.05, 0.1) is 0 Å². The maximum Gasteiger partial charge on any atom is 0.407 e. The number of hydrogen-bond donors (Lipinski definition) is 3. The molecule has 0 radical (unpaired) electrons. The van der Waals surface area contributed by atoms with E-state index in [-0.39, 0.29) is 31.4 Å². The van der Waals surface area contributed by atoms with Crippen LogP contribution in [0.15, 0.2) is 78.9 Å². The first-order valence-electron chi connectivity index (χ1n) is 14.6. The van der Waals surface area contributed by atoms with Gasteiger partial charge in [0.25, 0.3) is 0 Å². The lowest BCUT2D eigenvalue weighted by Crippen LogP contribution is -2.60. The van der Waals surface area contributed by atoms with E-state index in [0.29, 0.717) is 25.9 Å². The van der Waals surface area contributed by atoms with Gasteiger partial charge in [-0.05, 0) is 46.1 Å². The molecule has 2 aliphatic rings. The van der Waals surface area contributed by atoms with Gasteiger partial charge in [-0.1, -0.05) is 92.7 Å². The average Bonchev–Trinajstić information content (AvgIpc) is 3.30. The monoisotopic (exact) mass is 569 g/mol. The first-order valence-corrected chi connectivity index (χ1v) is 14.6. The van der Waals surface area contributed by atoms with Crippen LogP contribution in [0.25, 0.3) is 11.1 Å². The minimum absolute atomic E-state index is 0.0340. The van der Waals surface area contributed by atoms with Gasteiger partial charge in [0.15, 0.2) is 0 Å². The number of ether oxygens (including phenoxy) is 1. The van der Waals surface area contributed by atoms with Crippen LogP contribution in [0.4, 0.5) is 4.79 Å². The van der Waals surface area contributed by atoms with E-state index in [2.05, 4.69) is 51.9 Å². The number of hydrogen-bond acceptors (Lipinski definition) is 5. The lowest BCUT2D eigenvalue weighted by atomic mass is 9.85. The molecule has 3 aromatic carbocycles. The van der Waals surface area contributed by atoms with Crippen LogP contribution in [0.1, 0.15) is 55.7 Å². The van der Waals surface area contributed by atoms with Crippen LogP contribution in [0.5, 0.6) is 0 Å². The molecule has 1 aliphatic carbocycles. The molecule has 0 spiro atoms. The number of fused-ring (bicyclic) bond motifs is 3. The molecular formula is C34H39N3O5. The number of carbonyl (C=O) groups is 3. The lowest BCUT2D eigenvalue weighted by molar-refractivity contribution is -0.150. The Labute approximate surface area is 247 Å². The van der Waals surface area contributed by atoms with Crippen molar-refractivity contribution in [3.8, 4) is 11.1 Å². The van der Waals surface area contributed by atoms with Crippen molar-refractivity contribution in [3.05, 3.63) is 95.6 Å². The minimum Gasteiger partial charge on any atom is -0.480 e. The van der Waals surface area contributed by atoms with Crippen LogP contribution in [0.2, 0.25) is 0 Å². The number of carboxylic acids is 1. The Kier molecular flexibility index (Phi) is 8.64. The summed E-state index contributed by atoms with van der Waals surface area (Å²) in [6, 6.07) is 26.4. The fourth-order valence-corrected chi connectivity index (χ4v) is 6.10. The normalized spacial score (nSPS) is 16.2. The highest BCUT2D eigenvalue weighted by Crippen LogP contribution is 2.44. The smallest absolute Gasteiger partial charge is 0.407 e. The molecule has 0 bridgehead atoms. The molecular weight excluding hydrogens is 530 g/mol. The molecule has 0 unspecified atom stereocenters. The van der Waals surface area contributed by atoms with E-state index in [1.54, 1.807) is 0 Å². The SMILES string of the molecule is CC(C)(CNC(=O)OCC1c2ccccc2-c2ccccc21)CC(=O)NC1(C(=O)O)CCN(Cc2ccccc2)CC1. The molecule has 220 valence electrons. The number of aliphatic carboxylic acids is 1. The summed E-state index contributed by atoms with van der Waals surface area (Å²) in [6.07, 6.45) is 0.191. The van der Waals surface area contributed by atoms with Crippen molar-refractivity contribution >= 4 is 18.0 Å². The summed E-state index contributed by atoms with van der Waals surface area (Å²) in [5, 5.41) is 15.7. The highest BCUT2D eigenvalue weighted by molar-refractivity contribution is 5.87. The highest BCUT2D eigenvalue weighted by atomic mass is 16.5. The van der Waals surface area contributed by atoms with Crippen molar-refractivity contribution in [2.24, 2.45) is 5.41 Å². The Morgan fingerprint density at radius 3 is 2.07 bits per heavy atom. The molecule has 8 nitrogen and oxygen atoms in total. The van der Waals surface area contributed by atoms with E-state index in [1.807, 2.05) is 56.3 Å². The third kappa shape index (κ3) is 6.65. The second kappa shape index (κ2) is 12.4. The second-order valence-corrected chi connectivity index (χ2v) is 12.2. The third-order valence-corrected chi connectivity index (χ3v) is 8.44. The number of alkyl carbamates (subject to hydrolysis) is 1. The zero-order valence-electron chi connectivity index (χ0n) is 24.3. The first-order chi connectivity index (χ1) is 20.2. The fraction of sp³-hybridized carbons (Fsp3) is 0.382. The van der Waals surface area contributed by atoms with E-state index in [1.165, 1.54) is 5.56 Å². The van der Waals surface area contributed by atoms with Gasteiger partial charge in [0, 0.05) is 38.5 Å². The van der Waals surface area contributed by atoms with Crippen LogP contribution < -0.4 is 10.6 Å². The standard InChI is InChI=1S/C34H39N3O5/c1-33(2,20-30(38)36-34(31(39)40)16-18-37(19-17-34)21-24-10-4-3-5-11-24)23-35-32(41)42-22-29-27-14-8-6-12-25(27)26-13-7-9-15-28(26)29/h3-15,29H,16-23H2,1-2H3,(H,35,41)(H,36,38)(H,39,40). The first kappa shape index (κ1) is 29.3. The quantitative estimate of drug-likeness (QED) is 0.311. The number of likely N-dealkylation sites (tertiary alicyclic amines) is 1. The lowest BCUT2D eigenvalue weighted by Gasteiger charge is -2.40. The number of carbonyl (C=O) groups excluding carboxylic acids is 2. The van der Waals surface area contributed by atoms with Crippen LogP contribution in [-0.4, -0.2) is 59.8 Å². The summed E-state index contributed by atoms with van der Waals surface area (Å²) in [5.74, 6) is -1.38. The summed E-state index contributed by atoms with van der Waals surface area (Å²) in [7, 11) is 0. The summed E-state index contributed by atoms with van der Waals surface area (Å²) in [5.41, 5.74) is 3.88. The van der Waals surface area contributed by atoms with Crippen LogP contribution >= 0.6 is 0 Å². The molecule has 3 aromatic rings. The van der Waals surface area contributed by atoms with E-state index in [0.717, 1.165) is 28.8 Å². The number of benzene rings is 3. The molecule has 0 atom stereocenters. The summed E-state index contributed by atoms with van der Waals surface area (Å²) >= 11 is 0. The zero-order chi connectivity index (χ0) is 29.7. The number of nitrogens with one attached hydrogen (secondary N) is 2. The second-order valence-electron chi connectivity index (χ2n) is 12.2. The summed E-state index contributed by atoms with van der Waals surface area (Å²) in [6.45, 7) is 6.06. The van der Waals surface area contributed by atoms with Crippen molar-refractivity contribution < 1.29 is 24.2 Å². The fourth-order valence-electron chi connectivity index (χ4n) is 6.10. The predicted octanol–water partition coefficient (Wildman–Crippen LogP) is 5.18. The van der Waals surface area contributed by atoms with Gasteiger partial charge < -0.3 is 20.5 Å². The highest BCUT2D eigenvalue weighted by Gasteiger charge is 2.43. The van der Waals surface area contributed by atoms with Gasteiger partial charge in [-0.3, -0.25) is 9.69 Å². The Bertz CT molecular complexity index is 1380. The third-order valence-electron chi connectivity index (χ3n) is 8.44. The van der Waals surface area contributed by atoms with Gasteiger partial charge in [0.2, 0.25) is 5.91 Å². The maximum atomic E-state index is 13.1. The molecule has 42 heavy (non-hydrogen) atoms. The van der Waals surface area contributed by atoms with Gasteiger partial charge >= 0.3 is 12.1 Å². The largest absolute Gasteiger partial charge is 0.480 e. The van der Waals surface area contributed by atoms with E-state index < -0.39 is 23.0 Å². The van der Waals surface area contributed by atoms with E-state index in [9.17, 15) is 19.5 Å². The zero-order valence-corrected chi connectivity index (χ0v) is 24.3. The Balaban J connectivity index is 1.10. The summed E-state index contributed by atoms with van der Waals surface area (Å²) in [4.78, 5) is 40.2. The topological polar surface area (TPSA) is 108 Å². The number of piperidine rings is 1. The van der Waals surface area contributed by atoms with E-state index in [4.69, 9.17) is 4.74 Å². The molecule has 3 N–H and O–H groups in total.